The Labute approximate surface area is 111 Å². The molecule has 5 heteroatoms. The van der Waals surface area contributed by atoms with Crippen molar-refractivity contribution in [1.82, 2.24) is 5.32 Å². The Hall–Kier alpha value is -1.55. The Kier molecular flexibility index (Phi) is 4.73. The molecule has 1 atom stereocenters. The molecule has 2 N–H and O–H groups in total. The summed E-state index contributed by atoms with van der Waals surface area (Å²) in [5.74, 6) is -1.35. The largest absolute Gasteiger partial charge is 0.507 e. The van der Waals surface area contributed by atoms with Crippen molar-refractivity contribution in [3.63, 3.8) is 0 Å². The third-order valence-electron chi connectivity index (χ3n) is 2.54. The second-order valence-electron chi connectivity index (χ2n) is 4.11. The van der Waals surface area contributed by atoms with Crippen LogP contribution in [0, 0.1) is 0 Å². The number of phenolic OH excluding ortho intramolecular Hbond substituents is 1. The number of carbonyl (C=O) groups is 2. The molecule has 1 rings (SSSR count). The van der Waals surface area contributed by atoms with E-state index in [-0.39, 0.29) is 11.3 Å². The van der Waals surface area contributed by atoms with Crippen molar-refractivity contribution in [2.75, 3.05) is 6.54 Å². The SMILES string of the molecule is CCCNC(=O)C(C)(Cl)C(=O)c1ccccc1O. The summed E-state index contributed by atoms with van der Waals surface area (Å²) in [6, 6.07) is 6.01. The van der Waals surface area contributed by atoms with Crippen molar-refractivity contribution < 1.29 is 14.7 Å². The van der Waals surface area contributed by atoms with Crippen LogP contribution in [0.15, 0.2) is 24.3 Å². The van der Waals surface area contributed by atoms with Crippen LogP contribution in [0.1, 0.15) is 30.6 Å². The number of amides is 1. The first-order valence-electron chi connectivity index (χ1n) is 5.71. The predicted molar refractivity (Wildman–Crippen MR) is 70.0 cm³/mol. The lowest BCUT2D eigenvalue weighted by atomic mass is 9.97. The first kappa shape index (κ1) is 14.5. The summed E-state index contributed by atoms with van der Waals surface area (Å²) < 4.78 is 0. The number of nitrogens with one attached hydrogen (secondary N) is 1. The number of ketones is 1. The highest BCUT2D eigenvalue weighted by Gasteiger charge is 2.40. The molecule has 0 saturated heterocycles. The number of hydrogen-bond acceptors (Lipinski definition) is 3. The van der Waals surface area contributed by atoms with E-state index < -0.39 is 16.6 Å². The third-order valence-corrected chi connectivity index (χ3v) is 2.88. The molecule has 0 saturated carbocycles. The van der Waals surface area contributed by atoms with Crippen LogP contribution in [-0.4, -0.2) is 28.2 Å². The van der Waals surface area contributed by atoms with E-state index in [0.717, 1.165) is 6.42 Å². The van der Waals surface area contributed by atoms with Crippen LogP contribution in [-0.2, 0) is 4.79 Å². The number of aromatic hydroxyl groups is 1. The second-order valence-corrected chi connectivity index (χ2v) is 4.86. The standard InChI is InChI=1S/C13H16ClNO3/c1-3-8-15-12(18)13(2,14)11(17)9-6-4-5-7-10(9)16/h4-7,16H,3,8H2,1-2H3,(H,15,18). The minimum absolute atomic E-state index is 0.0432. The topological polar surface area (TPSA) is 66.4 Å². The fraction of sp³-hybridized carbons (Fsp3) is 0.385. The maximum atomic E-state index is 12.1. The molecule has 1 aromatic carbocycles. The van der Waals surface area contributed by atoms with E-state index in [0.29, 0.717) is 6.54 Å². The molecular weight excluding hydrogens is 254 g/mol. The van der Waals surface area contributed by atoms with Gasteiger partial charge in [-0.25, -0.2) is 0 Å². The van der Waals surface area contributed by atoms with E-state index >= 15 is 0 Å². The summed E-state index contributed by atoms with van der Waals surface area (Å²) in [6.45, 7) is 3.68. The number of carbonyl (C=O) groups excluding carboxylic acids is 2. The van der Waals surface area contributed by atoms with Gasteiger partial charge in [-0.3, -0.25) is 9.59 Å². The normalized spacial score (nSPS) is 13.7. The van der Waals surface area contributed by atoms with Gasteiger partial charge < -0.3 is 10.4 Å². The molecule has 1 unspecified atom stereocenters. The van der Waals surface area contributed by atoms with Gasteiger partial charge in [0, 0.05) is 6.54 Å². The molecule has 0 spiro atoms. The highest BCUT2D eigenvalue weighted by Crippen LogP contribution is 2.26. The van der Waals surface area contributed by atoms with Crippen LogP contribution in [0.3, 0.4) is 0 Å². The van der Waals surface area contributed by atoms with Gasteiger partial charge in [0.25, 0.3) is 0 Å². The summed E-state index contributed by atoms with van der Waals surface area (Å²) >= 11 is 6.01. The molecule has 0 bridgehead atoms. The average Bonchev–Trinajstić information content (AvgIpc) is 2.35. The monoisotopic (exact) mass is 269 g/mol. The maximum absolute atomic E-state index is 12.1. The molecule has 0 fully saturated rings. The zero-order valence-electron chi connectivity index (χ0n) is 10.4. The van der Waals surface area contributed by atoms with Gasteiger partial charge in [-0.05, 0) is 25.5 Å². The second kappa shape index (κ2) is 5.87. The Morgan fingerprint density at radius 2 is 2.00 bits per heavy atom. The van der Waals surface area contributed by atoms with Gasteiger partial charge in [0.05, 0.1) is 5.56 Å². The van der Waals surface area contributed by atoms with E-state index in [1.807, 2.05) is 6.92 Å². The lowest BCUT2D eigenvalue weighted by Gasteiger charge is -2.20. The number of benzene rings is 1. The van der Waals surface area contributed by atoms with Gasteiger partial charge in [0.1, 0.15) is 5.75 Å². The molecule has 4 nitrogen and oxygen atoms in total. The molecule has 0 aromatic heterocycles. The summed E-state index contributed by atoms with van der Waals surface area (Å²) in [4.78, 5) is 22.2. The number of para-hydroxylation sites is 1. The smallest absolute Gasteiger partial charge is 0.248 e. The molecule has 0 aliphatic carbocycles. The van der Waals surface area contributed by atoms with Gasteiger partial charge in [-0.15, -0.1) is 0 Å². The predicted octanol–water partition coefficient (Wildman–Crippen LogP) is 2.10. The number of Topliss-reactive ketones (excluding diaryl/α,β-unsaturated/α-hetero) is 1. The van der Waals surface area contributed by atoms with Gasteiger partial charge in [-0.1, -0.05) is 30.7 Å². The summed E-state index contributed by atoms with van der Waals surface area (Å²) in [5.41, 5.74) is 0.0432. The number of halogens is 1. The minimum Gasteiger partial charge on any atom is -0.507 e. The van der Waals surface area contributed by atoms with Gasteiger partial charge in [0.15, 0.2) is 10.7 Å². The average molecular weight is 270 g/mol. The van der Waals surface area contributed by atoms with E-state index in [9.17, 15) is 14.7 Å². The fourth-order valence-corrected chi connectivity index (χ4v) is 1.59. The molecule has 18 heavy (non-hydrogen) atoms. The highest BCUT2D eigenvalue weighted by molar-refractivity contribution is 6.48. The number of phenols is 1. The van der Waals surface area contributed by atoms with Crippen LogP contribution in [0.4, 0.5) is 0 Å². The van der Waals surface area contributed by atoms with Crippen molar-refractivity contribution in [1.29, 1.82) is 0 Å². The fourth-order valence-electron chi connectivity index (χ4n) is 1.43. The Morgan fingerprint density at radius 1 is 1.39 bits per heavy atom. The Morgan fingerprint density at radius 3 is 2.56 bits per heavy atom. The number of hydrogen-bond donors (Lipinski definition) is 2. The summed E-state index contributed by atoms with van der Waals surface area (Å²) in [6.07, 6.45) is 0.753. The zero-order valence-corrected chi connectivity index (χ0v) is 11.1. The zero-order chi connectivity index (χ0) is 13.8. The minimum atomic E-state index is -1.71. The number of rotatable bonds is 5. The van der Waals surface area contributed by atoms with Crippen molar-refractivity contribution >= 4 is 23.3 Å². The molecule has 0 heterocycles. The molecular formula is C13H16ClNO3. The first-order chi connectivity index (χ1) is 8.41. The molecule has 1 aromatic rings. The maximum Gasteiger partial charge on any atom is 0.248 e. The molecule has 0 radical (unpaired) electrons. The van der Waals surface area contributed by atoms with Crippen molar-refractivity contribution in [3.05, 3.63) is 29.8 Å². The van der Waals surface area contributed by atoms with Crippen LogP contribution in [0.5, 0.6) is 5.75 Å². The van der Waals surface area contributed by atoms with Crippen molar-refractivity contribution in [2.45, 2.75) is 25.1 Å². The van der Waals surface area contributed by atoms with E-state index in [1.54, 1.807) is 12.1 Å². The molecule has 98 valence electrons. The highest BCUT2D eigenvalue weighted by atomic mass is 35.5. The van der Waals surface area contributed by atoms with E-state index in [1.165, 1.54) is 19.1 Å². The van der Waals surface area contributed by atoms with Crippen LogP contribution in [0.25, 0.3) is 0 Å². The summed E-state index contributed by atoms with van der Waals surface area (Å²) in [5, 5.41) is 12.2. The lowest BCUT2D eigenvalue weighted by molar-refractivity contribution is -0.122. The Balaban J connectivity index is 2.95. The van der Waals surface area contributed by atoms with E-state index in [4.69, 9.17) is 11.6 Å². The van der Waals surface area contributed by atoms with Crippen LogP contribution >= 0.6 is 11.6 Å². The lowest BCUT2D eigenvalue weighted by Crippen LogP contribution is -2.46. The molecule has 0 aliphatic rings. The number of alkyl halides is 1. The third kappa shape index (κ3) is 3.01. The van der Waals surface area contributed by atoms with Crippen LogP contribution < -0.4 is 5.32 Å². The van der Waals surface area contributed by atoms with Gasteiger partial charge >= 0.3 is 0 Å². The van der Waals surface area contributed by atoms with Gasteiger partial charge in [0.2, 0.25) is 5.91 Å². The quantitative estimate of drug-likeness (QED) is 0.489. The van der Waals surface area contributed by atoms with Gasteiger partial charge in [-0.2, -0.15) is 0 Å². The summed E-state index contributed by atoms with van der Waals surface area (Å²) in [7, 11) is 0. The Bertz CT molecular complexity index is 457. The molecule has 0 aliphatic heterocycles. The first-order valence-corrected chi connectivity index (χ1v) is 6.09. The van der Waals surface area contributed by atoms with Crippen LogP contribution in [0.2, 0.25) is 0 Å². The van der Waals surface area contributed by atoms with Crippen molar-refractivity contribution in [2.24, 2.45) is 0 Å². The molecule has 1 amide bonds. The van der Waals surface area contributed by atoms with E-state index in [2.05, 4.69) is 5.32 Å². The van der Waals surface area contributed by atoms with Crippen molar-refractivity contribution in [3.8, 4) is 5.75 Å².